The molecule has 0 amide bonds. The summed E-state index contributed by atoms with van der Waals surface area (Å²) in [5, 5.41) is 7.08. The molecule has 1 rings (SSSR count). The van der Waals surface area contributed by atoms with Crippen molar-refractivity contribution in [3.05, 3.63) is 0 Å². The fourth-order valence-corrected chi connectivity index (χ4v) is 1.47. The Morgan fingerprint density at radius 2 is 2.15 bits per heavy atom. The van der Waals surface area contributed by atoms with Gasteiger partial charge in [0.1, 0.15) is 0 Å². The van der Waals surface area contributed by atoms with E-state index in [2.05, 4.69) is 31.4 Å². The molecular weight excluding hydrogens is 184 g/mol. The Morgan fingerprint density at radius 3 is 2.54 bits per heavy atom. The Balaban J connectivity index is 2.14. The molecule has 0 aromatic carbocycles. The maximum Gasteiger partial charge on any atom is 0.166 e. The second-order valence-corrected chi connectivity index (χ2v) is 4.69. The molecule has 0 atom stereocenters. The molecule has 3 nitrogen and oxygen atoms in total. The van der Waals surface area contributed by atoms with E-state index in [1.165, 1.54) is 0 Å². The molecule has 13 heavy (non-hydrogen) atoms. The van der Waals surface area contributed by atoms with Gasteiger partial charge in [-0.05, 0) is 26.1 Å². The van der Waals surface area contributed by atoms with Crippen molar-refractivity contribution in [3.63, 3.8) is 0 Å². The summed E-state index contributed by atoms with van der Waals surface area (Å²) in [5.41, 5.74) is 0.280. The van der Waals surface area contributed by atoms with Crippen molar-refractivity contribution in [2.75, 3.05) is 19.8 Å². The average molecular weight is 202 g/mol. The monoisotopic (exact) mass is 202 g/mol. The summed E-state index contributed by atoms with van der Waals surface area (Å²) in [5.74, 6) is 0. The van der Waals surface area contributed by atoms with Crippen molar-refractivity contribution in [3.8, 4) is 0 Å². The molecule has 1 heterocycles. The van der Waals surface area contributed by atoms with E-state index in [1.54, 1.807) is 0 Å². The summed E-state index contributed by atoms with van der Waals surface area (Å²) in [6.07, 6.45) is 0. The molecule has 0 aromatic heterocycles. The van der Waals surface area contributed by atoms with Gasteiger partial charge >= 0.3 is 0 Å². The van der Waals surface area contributed by atoms with Crippen molar-refractivity contribution >= 4 is 17.3 Å². The zero-order chi connectivity index (χ0) is 9.90. The molecular formula is C9H18N2OS. The van der Waals surface area contributed by atoms with Crippen LogP contribution in [-0.4, -0.2) is 30.9 Å². The van der Waals surface area contributed by atoms with Crippen LogP contribution in [-0.2, 0) is 4.74 Å². The normalized spacial score (nSPS) is 19.4. The van der Waals surface area contributed by atoms with Crippen molar-refractivity contribution in [2.24, 2.45) is 5.41 Å². The van der Waals surface area contributed by atoms with Gasteiger partial charge in [-0.1, -0.05) is 6.92 Å². The zero-order valence-corrected chi connectivity index (χ0v) is 9.33. The minimum atomic E-state index is 0.280. The molecule has 2 N–H and O–H groups in total. The van der Waals surface area contributed by atoms with Crippen LogP contribution in [0.1, 0.15) is 20.8 Å². The van der Waals surface area contributed by atoms with E-state index in [0.717, 1.165) is 24.9 Å². The highest BCUT2D eigenvalue weighted by Gasteiger charge is 2.33. The van der Waals surface area contributed by atoms with E-state index in [9.17, 15) is 0 Å². The maximum absolute atomic E-state index is 5.15. The largest absolute Gasteiger partial charge is 0.380 e. The number of hydrogen-bond acceptors (Lipinski definition) is 2. The van der Waals surface area contributed by atoms with E-state index in [0.29, 0.717) is 6.04 Å². The van der Waals surface area contributed by atoms with Gasteiger partial charge in [-0.3, -0.25) is 0 Å². The number of nitrogens with one attached hydrogen (secondary N) is 2. The van der Waals surface area contributed by atoms with Crippen molar-refractivity contribution in [1.29, 1.82) is 0 Å². The van der Waals surface area contributed by atoms with E-state index < -0.39 is 0 Å². The first-order valence-electron chi connectivity index (χ1n) is 4.64. The lowest BCUT2D eigenvalue weighted by molar-refractivity contribution is -0.0970. The van der Waals surface area contributed by atoms with Gasteiger partial charge in [-0.15, -0.1) is 0 Å². The summed E-state index contributed by atoms with van der Waals surface area (Å²) in [7, 11) is 0. The molecule has 0 unspecified atom stereocenters. The van der Waals surface area contributed by atoms with Gasteiger partial charge in [0.25, 0.3) is 0 Å². The smallest absolute Gasteiger partial charge is 0.166 e. The summed E-state index contributed by atoms with van der Waals surface area (Å²) >= 11 is 5.11. The quantitative estimate of drug-likeness (QED) is 0.666. The lowest BCUT2D eigenvalue weighted by Gasteiger charge is -2.38. The van der Waals surface area contributed by atoms with E-state index in [1.807, 2.05) is 0 Å². The minimum Gasteiger partial charge on any atom is -0.380 e. The molecule has 4 heteroatoms. The molecule has 0 bridgehead atoms. The Hall–Kier alpha value is -0.350. The first-order chi connectivity index (χ1) is 6.02. The number of rotatable bonds is 3. The Morgan fingerprint density at radius 1 is 1.54 bits per heavy atom. The summed E-state index contributed by atoms with van der Waals surface area (Å²) in [6, 6.07) is 0.394. The standard InChI is InChI=1S/C9H18N2OS/c1-7(2)11-8(13)10-4-9(3)5-12-6-9/h7H,4-6H2,1-3H3,(H2,10,11,13). The van der Waals surface area contributed by atoms with Crippen molar-refractivity contribution < 1.29 is 4.74 Å². The first kappa shape index (κ1) is 10.7. The summed E-state index contributed by atoms with van der Waals surface area (Å²) < 4.78 is 5.15. The summed E-state index contributed by atoms with van der Waals surface area (Å²) in [4.78, 5) is 0. The molecule has 1 fully saturated rings. The van der Waals surface area contributed by atoms with Crippen LogP contribution in [0.3, 0.4) is 0 Å². The molecule has 76 valence electrons. The van der Waals surface area contributed by atoms with Gasteiger partial charge in [0.05, 0.1) is 13.2 Å². The fourth-order valence-electron chi connectivity index (χ4n) is 1.16. The Labute approximate surface area is 85.2 Å². The number of thiocarbonyl (C=S) groups is 1. The molecule has 1 aliphatic heterocycles. The third-order valence-electron chi connectivity index (χ3n) is 2.00. The van der Waals surface area contributed by atoms with Crippen LogP contribution in [0.4, 0.5) is 0 Å². The molecule has 0 radical (unpaired) electrons. The van der Waals surface area contributed by atoms with Gasteiger partial charge in [0, 0.05) is 18.0 Å². The highest BCUT2D eigenvalue weighted by molar-refractivity contribution is 7.80. The first-order valence-corrected chi connectivity index (χ1v) is 5.05. The predicted octanol–water partition coefficient (Wildman–Crippen LogP) is 0.895. The number of hydrogen-bond donors (Lipinski definition) is 2. The maximum atomic E-state index is 5.15. The second kappa shape index (κ2) is 4.24. The van der Waals surface area contributed by atoms with Crippen LogP contribution >= 0.6 is 12.2 Å². The lowest BCUT2D eigenvalue weighted by atomic mass is 9.89. The zero-order valence-electron chi connectivity index (χ0n) is 8.52. The second-order valence-electron chi connectivity index (χ2n) is 4.29. The molecule has 1 saturated heterocycles. The Kier molecular flexibility index (Phi) is 3.50. The molecule has 0 saturated carbocycles. The highest BCUT2D eigenvalue weighted by atomic mass is 32.1. The highest BCUT2D eigenvalue weighted by Crippen LogP contribution is 2.24. The van der Waals surface area contributed by atoms with Crippen LogP contribution < -0.4 is 10.6 Å². The third-order valence-corrected chi connectivity index (χ3v) is 2.26. The van der Waals surface area contributed by atoms with Gasteiger partial charge in [0.2, 0.25) is 0 Å². The number of ether oxygens (including phenoxy) is 1. The van der Waals surface area contributed by atoms with Gasteiger partial charge in [0.15, 0.2) is 5.11 Å². The minimum absolute atomic E-state index is 0.280. The van der Waals surface area contributed by atoms with Gasteiger partial charge < -0.3 is 15.4 Å². The van der Waals surface area contributed by atoms with Crippen molar-refractivity contribution in [1.82, 2.24) is 10.6 Å². The average Bonchev–Trinajstić information content (AvgIpc) is 1.96. The van der Waals surface area contributed by atoms with Crippen molar-refractivity contribution in [2.45, 2.75) is 26.8 Å². The van der Waals surface area contributed by atoms with Crippen LogP contribution in [0, 0.1) is 5.41 Å². The van der Waals surface area contributed by atoms with E-state index in [-0.39, 0.29) is 5.41 Å². The van der Waals surface area contributed by atoms with Crippen LogP contribution in [0.15, 0.2) is 0 Å². The van der Waals surface area contributed by atoms with Crippen LogP contribution in [0.5, 0.6) is 0 Å². The van der Waals surface area contributed by atoms with Gasteiger partial charge in [-0.2, -0.15) is 0 Å². The van der Waals surface area contributed by atoms with Crippen LogP contribution in [0.25, 0.3) is 0 Å². The van der Waals surface area contributed by atoms with Crippen LogP contribution in [0.2, 0.25) is 0 Å². The molecule has 0 aromatic rings. The molecule has 0 aliphatic carbocycles. The fraction of sp³-hybridized carbons (Fsp3) is 0.889. The van der Waals surface area contributed by atoms with E-state index >= 15 is 0 Å². The summed E-state index contributed by atoms with van der Waals surface area (Å²) in [6.45, 7) is 8.91. The topological polar surface area (TPSA) is 33.3 Å². The SMILES string of the molecule is CC(C)NC(=S)NCC1(C)COC1. The molecule has 1 aliphatic rings. The Bertz CT molecular complexity index is 190. The molecule has 0 spiro atoms. The van der Waals surface area contributed by atoms with E-state index in [4.69, 9.17) is 17.0 Å². The third kappa shape index (κ3) is 3.48. The van der Waals surface area contributed by atoms with Gasteiger partial charge in [-0.25, -0.2) is 0 Å². The predicted molar refractivity (Wildman–Crippen MR) is 57.8 cm³/mol. The lowest BCUT2D eigenvalue weighted by Crippen LogP contribution is -2.51.